The zero-order valence-corrected chi connectivity index (χ0v) is 15.0. The molecule has 1 unspecified atom stereocenters. The van der Waals surface area contributed by atoms with Gasteiger partial charge in [0.25, 0.3) is 5.91 Å². The monoisotopic (exact) mass is 403 g/mol. The molecule has 2 aromatic heterocycles. The van der Waals surface area contributed by atoms with Gasteiger partial charge < -0.3 is 9.84 Å². The molecule has 0 spiro atoms. The number of carbonyl (C=O) groups is 2. The Labute approximate surface area is 163 Å². The fourth-order valence-electron chi connectivity index (χ4n) is 2.46. The number of rotatable bonds is 7. The molecular formula is C18H15F2N5O4. The summed E-state index contributed by atoms with van der Waals surface area (Å²) < 4.78 is 29.8. The van der Waals surface area contributed by atoms with Crippen LogP contribution in [-0.2, 0) is 4.79 Å². The molecule has 29 heavy (non-hydrogen) atoms. The highest BCUT2D eigenvalue weighted by atomic mass is 19.3. The van der Waals surface area contributed by atoms with Crippen LogP contribution in [0.25, 0.3) is 11.3 Å². The second-order valence-corrected chi connectivity index (χ2v) is 5.80. The van der Waals surface area contributed by atoms with Crippen LogP contribution < -0.4 is 10.1 Å². The highest BCUT2D eigenvalue weighted by Crippen LogP contribution is 2.22. The lowest BCUT2D eigenvalue weighted by Gasteiger charge is -2.11. The quantitative estimate of drug-likeness (QED) is 0.622. The van der Waals surface area contributed by atoms with E-state index in [2.05, 4.69) is 25.1 Å². The van der Waals surface area contributed by atoms with Crippen LogP contribution in [0, 0.1) is 0 Å². The fourth-order valence-corrected chi connectivity index (χ4v) is 2.46. The third-order valence-electron chi connectivity index (χ3n) is 3.88. The van der Waals surface area contributed by atoms with Gasteiger partial charge in [-0.25, -0.2) is 19.4 Å². The van der Waals surface area contributed by atoms with Crippen molar-refractivity contribution in [3.63, 3.8) is 0 Å². The first-order chi connectivity index (χ1) is 13.8. The zero-order valence-electron chi connectivity index (χ0n) is 15.0. The normalized spacial score (nSPS) is 11.9. The maximum Gasteiger partial charge on any atom is 0.387 e. The number of carboxylic acid groups (broad SMARTS) is 1. The van der Waals surface area contributed by atoms with Crippen molar-refractivity contribution in [2.75, 3.05) is 5.32 Å². The number of halogens is 2. The van der Waals surface area contributed by atoms with E-state index in [1.54, 1.807) is 6.07 Å². The zero-order chi connectivity index (χ0) is 21.0. The van der Waals surface area contributed by atoms with E-state index < -0.39 is 24.5 Å². The van der Waals surface area contributed by atoms with E-state index in [0.29, 0.717) is 11.3 Å². The Morgan fingerprint density at radius 1 is 1.14 bits per heavy atom. The summed E-state index contributed by atoms with van der Waals surface area (Å²) in [5, 5.41) is 15.5. The molecule has 9 nitrogen and oxygen atoms in total. The summed E-state index contributed by atoms with van der Waals surface area (Å²) in [7, 11) is 0. The highest BCUT2D eigenvalue weighted by Gasteiger charge is 2.21. The van der Waals surface area contributed by atoms with Crippen molar-refractivity contribution in [2.45, 2.75) is 19.6 Å². The van der Waals surface area contributed by atoms with Gasteiger partial charge in [0, 0.05) is 18.0 Å². The molecule has 0 bridgehead atoms. The first kappa shape index (κ1) is 19.9. The van der Waals surface area contributed by atoms with Gasteiger partial charge in [0.2, 0.25) is 5.95 Å². The lowest BCUT2D eigenvalue weighted by molar-refractivity contribution is -0.140. The van der Waals surface area contributed by atoms with Crippen LogP contribution in [0.4, 0.5) is 14.7 Å². The van der Waals surface area contributed by atoms with Crippen LogP contribution in [0.3, 0.4) is 0 Å². The summed E-state index contributed by atoms with van der Waals surface area (Å²) in [6.07, 6.45) is 2.73. The minimum Gasteiger partial charge on any atom is -0.480 e. The Kier molecular flexibility index (Phi) is 5.77. The van der Waals surface area contributed by atoms with Gasteiger partial charge in [-0.3, -0.25) is 10.1 Å². The number of aliphatic carboxylic acids is 1. The largest absolute Gasteiger partial charge is 0.480 e. The van der Waals surface area contributed by atoms with E-state index in [1.165, 1.54) is 49.6 Å². The van der Waals surface area contributed by atoms with Gasteiger partial charge in [-0.2, -0.15) is 13.9 Å². The Morgan fingerprint density at radius 3 is 2.52 bits per heavy atom. The van der Waals surface area contributed by atoms with Crippen molar-refractivity contribution in [3.05, 3.63) is 54.5 Å². The number of aromatic nitrogens is 4. The number of hydrogen-bond donors (Lipinski definition) is 2. The van der Waals surface area contributed by atoms with E-state index in [4.69, 9.17) is 5.11 Å². The van der Waals surface area contributed by atoms with Crippen molar-refractivity contribution in [3.8, 4) is 17.0 Å². The lowest BCUT2D eigenvalue weighted by atomic mass is 10.1. The molecule has 0 fully saturated rings. The Morgan fingerprint density at radius 2 is 1.86 bits per heavy atom. The first-order valence-corrected chi connectivity index (χ1v) is 8.31. The molecule has 0 radical (unpaired) electrons. The number of ether oxygens (including phenoxy) is 1. The smallest absolute Gasteiger partial charge is 0.387 e. The van der Waals surface area contributed by atoms with Crippen LogP contribution in [0.5, 0.6) is 5.75 Å². The molecule has 150 valence electrons. The maximum absolute atomic E-state index is 12.5. The van der Waals surface area contributed by atoms with Gasteiger partial charge in [-0.1, -0.05) is 0 Å². The van der Waals surface area contributed by atoms with Gasteiger partial charge >= 0.3 is 12.6 Å². The number of carbonyl (C=O) groups excluding carboxylic acids is 1. The SMILES string of the molecule is CC(C(=O)O)n1nccc1C(=O)Nc1nccc(-c2ccc(OC(F)F)cc2)n1. The van der Waals surface area contributed by atoms with E-state index in [9.17, 15) is 18.4 Å². The van der Waals surface area contributed by atoms with Gasteiger partial charge in [0.05, 0.1) is 5.69 Å². The average Bonchev–Trinajstić information content (AvgIpc) is 3.17. The van der Waals surface area contributed by atoms with Crippen LogP contribution in [-0.4, -0.2) is 43.3 Å². The molecule has 2 heterocycles. The molecule has 3 aromatic rings. The van der Waals surface area contributed by atoms with Crippen molar-refractivity contribution in [1.29, 1.82) is 0 Å². The summed E-state index contributed by atoms with van der Waals surface area (Å²) in [4.78, 5) is 31.8. The van der Waals surface area contributed by atoms with Gasteiger partial charge in [0.15, 0.2) is 0 Å². The molecule has 0 aliphatic rings. The molecule has 2 N–H and O–H groups in total. The number of carboxylic acids is 1. The molecule has 0 aliphatic heterocycles. The fraction of sp³-hybridized carbons (Fsp3) is 0.167. The number of nitrogens with zero attached hydrogens (tertiary/aromatic N) is 4. The van der Waals surface area contributed by atoms with Crippen molar-refractivity contribution in [2.24, 2.45) is 0 Å². The molecule has 0 aliphatic carbocycles. The van der Waals surface area contributed by atoms with Crippen molar-refractivity contribution >= 4 is 17.8 Å². The predicted molar refractivity (Wildman–Crippen MR) is 96.6 cm³/mol. The maximum atomic E-state index is 12.5. The standard InChI is InChI=1S/C18H15F2N5O4/c1-10(16(27)28)25-14(7-9-22-25)15(26)24-18-21-8-6-13(23-18)11-2-4-12(5-3-11)29-17(19)20/h2-10,17H,1H3,(H,27,28)(H,21,23,24,26). The van der Waals surface area contributed by atoms with Crippen LogP contribution in [0.1, 0.15) is 23.5 Å². The second-order valence-electron chi connectivity index (χ2n) is 5.80. The minimum atomic E-state index is -2.92. The van der Waals surface area contributed by atoms with Gasteiger partial charge in [0.1, 0.15) is 17.5 Å². The second kappa shape index (κ2) is 8.42. The molecular weight excluding hydrogens is 388 g/mol. The number of amides is 1. The number of benzene rings is 1. The number of hydrogen-bond acceptors (Lipinski definition) is 6. The number of anilines is 1. The summed E-state index contributed by atoms with van der Waals surface area (Å²) >= 11 is 0. The average molecular weight is 403 g/mol. The minimum absolute atomic E-state index is 0.00662. The Balaban J connectivity index is 1.78. The first-order valence-electron chi connectivity index (χ1n) is 8.31. The van der Waals surface area contributed by atoms with Crippen molar-refractivity contribution in [1.82, 2.24) is 19.7 Å². The van der Waals surface area contributed by atoms with E-state index >= 15 is 0 Å². The molecule has 1 aromatic carbocycles. The summed E-state index contributed by atoms with van der Waals surface area (Å²) in [6.45, 7) is -1.52. The Hall–Kier alpha value is -3.89. The van der Waals surface area contributed by atoms with E-state index in [1.807, 2.05) is 0 Å². The molecule has 0 saturated carbocycles. The molecule has 11 heteroatoms. The summed E-state index contributed by atoms with van der Waals surface area (Å²) in [5.41, 5.74) is 1.06. The lowest BCUT2D eigenvalue weighted by Crippen LogP contribution is -2.24. The summed E-state index contributed by atoms with van der Waals surface area (Å²) in [5.74, 6) is -1.78. The topological polar surface area (TPSA) is 119 Å². The third kappa shape index (κ3) is 4.69. The van der Waals surface area contributed by atoms with E-state index in [-0.39, 0.29) is 17.4 Å². The molecule has 0 saturated heterocycles. The van der Waals surface area contributed by atoms with Crippen LogP contribution >= 0.6 is 0 Å². The van der Waals surface area contributed by atoms with E-state index in [0.717, 1.165) is 4.68 Å². The Bertz CT molecular complexity index is 1020. The van der Waals surface area contributed by atoms with Gasteiger partial charge in [-0.05, 0) is 43.3 Å². The van der Waals surface area contributed by atoms with Crippen LogP contribution in [0.15, 0.2) is 48.8 Å². The third-order valence-corrected chi connectivity index (χ3v) is 3.88. The number of alkyl halides is 2. The number of nitrogens with one attached hydrogen (secondary N) is 1. The van der Waals surface area contributed by atoms with Crippen molar-refractivity contribution < 1.29 is 28.2 Å². The molecule has 1 atom stereocenters. The molecule has 3 rings (SSSR count). The highest BCUT2D eigenvalue weighted by molar-refractivity contribution is 6.02. The predicted octanol–water partition coefficient (Wildman–Crippen LogP) is 2.84. The van der Waals surface area contributed by atoms with Gasteiger partial charge in [-0.15, -0.1) is 0 Å². The van der Waals surface area contributed by atoms with Crippen LogP contribution in [0.2, 0.25) is 0 Å². The summed E-state index contributed by atoms with van der Waals surface area (Å²) in [6, 6.07) is 7.73. The molecule has 1 amide bonds.